The second-order valence-corrected chi connectivity index (χ2v) is 6.90. The van der Waals surface area contributed by atoms with Crippen LogP contribution in [0.1, 0.15) is 55.5 Å². The van der Waals surface area contributed by atoms with Gasteiger partial charge < -0.3 is 14.8 Å². The van der Waals surface area contributed by atoms with Crippen molar-refractivity contribution in [3.8, 4) is 5.75 Å². The highest BCUT2D eigenvalue weighted by molar-refractivity contribution is 5.96. The lowest BCUT2D eigenvalue weighted by atomic mass is 10.1. The first-order chi connectivity index (χ1) is 14.1. The molecule has 5 nitrogen and oxygen atoms in total. The van der Waals surface area contributed by atoms with Gasteiger partial charge >= 0.3 is 5.97 Å². The first kappa shape index (κ1) is 22.5. The fourth-order valence-corrected chi connectivity index (χ4v) is 2.95. The predicted octanol–water partition coefficient (Wildman–Crippen LogP) is 4.55. The van der Waals surface area contributed by atoms with Gasteiger partial charge in [-0.05, 0) is 43.2 Å². The molecule has 1 amide bonds. The van der Waals surface area contributed by atoms with Crippen molar-refractivity contribution < 1.29 is 19.1 Å². The maximum absolute atomic E-state index is 12.6. The highest BCUT2D eigenvalue weighted by Gasteiger charge is 2.23. The molecule has 1 atom stereocenters. The van der Waals surface area contributed by atoms with Crippen molar-refractivity contribution in [1.29, 1.82) is 0 Å². The van der Waals surface area contributed by atoms with Crippen LogP contribution in [0.5, 0.6) is 5.75 Å². The van der Waals surface area contributed by atoms with Crippen molar-refractivity contribution in [1.82, 2.24) is 5.32 Å². The lowest BCUT2D eigenvalue weighted by molar-refractivity contribution is -0.145. The van der Waals surface area contributed by atoms with Crippen molar-refractivity contribution in [2.75, 3.05) is 13.2 Å². The molecule has 0 bridgehead atoms. The van der Waals surface area contributed by atoms with E-state index in [0.29, 0.717) is 18.6 Å². The molecule has 2 rings (SSSR count). The molecule has 0 aromatic heterocycles. The monoisotopic (exact) mass is 397 g/mol. The molecule has 29 heavy (non-hydrogen) atoms. The number of ether oxygens (including phenoxy) is 2. The second-order valence-electron chi connectivity index (χ2n) is 6.90. The summed E-state index contributed by atoms with van der Waals surface area (Å²) in [5, 5.41) is 2.80. The lowest BCUT2D eigenvalue weighted by Crippen LogP contribution is -2.43. The minimum atomic E-state index is -0.737. The molecule has 0 saturated heterocycles. The Balaban J connectivity index is 1.94. The molecule has 0 saturated carbocycles. The summed E-state index contributed by atoms with van der Waals surface area (Å²) in [6.07, 6.45) is 4.97. The average Bonchev–Trinajstić information content (AvgIpc) is 2.74. The van der Waals surface area contributed by atoms with E-state index >= 15 is 0 Å². The van der Waals surface area contributed by atoms with Crippen molar-refractivity contribution in [3.63, 3.8) is 0 Å². The van der Waals surface area contributed by atoms with Gasteiger partial charge in [0.05, 0.1) is 13.2 Å². The fourth-order valence-electron chi connectivity index (χ4n) is 2.95. The predicted molar refractivity (Wildman–Crippen MR) is 114 cm³/mol. The SMILES string of the molecule is CCCCCCOc1ccc(C(=O)NC(Cc2ccccc2)C(=O)OCC)cc1. The van der Waals surface area contributed by atoms with E-state index in [1.165, 1.54) is 12.8 Å². The Kier molecular flexibility index (Phi) is 9.76. The minimum Gasteiger partial charge on any atom is -0.494 e. The van der Waals surface area contributed by atoms with E-state index in [2.05, 4.69) is 12.2 Å². The van der Waals surface area contributed by atoms with Crippen LogP contribution in [-0.2, 0) is 16.0 Å². The summed E-state index contributed by atoms with van der Waals surface area (Å²) in [6.45, 7) is 4.87. The number of carbonyl (C=O) groups is 2. The fraction of sp³-hybridized carbons (Fsp3) is 0.417. The Morgan fingerprint density at radius 1 is 0.931 bits per heavy atom. The van der Waals surface area contributed by atoms with Gasteiger partial charge in [-0.15, -0.1) is 0 Å². The number of hydrogen-bond acceptors (Lipinski definition) is 4. The quantitative estimate of drug-likeness (QED) is 0.421. The third kappa shape index (κ3) is 7.98. The summed E-state index contributed by atoms with van der Waals surface area (Å²) in [5.41, 5.74) is 1.43. The van der Waals surface area contributed by atoms with Crippen LogP contribution in [0.15, 0.2) is 54.6 Å². The Hall–Kier alpha value is -2.82. The van der Waals surface area contributed by atoms with Crippen LogP contribution >= 0.6 is 0 Å². The van der Waals surface area contributed by atoms with Gasteiger partial charge in [0.2, 0.25) is 0 Å². The smallest absolute Gasteiger partial charge is 0.328 e. The normalized spacial score (nSPS) is 11.5. The summed E-state index contributed by atoms with van der Waals surface area (Å²) >= 11 is 0. The van der Waals surface area contributed by atoms with Gasteiger partial charge in [-0.3, -0.25) is 4.79 Å². The van der Waals surface area contributed by atoms with Crippen molar-refractivity contribution in [3.05, 3.63) is 65.7 Å². The molecular formula is C24H31NO4. The second kappa shape index (κ2) is 12.6. The molecule has 0 spiro atoms. The van der Waals surface area contributed by atoms with Gasteiger partial charge in [0, 0.05) is 12.0 Å². The molecule has 0 aliphatic rings. The van der Waals surface area contributed by atoms with Crippen LogP contribution in [0.2, 0.25) is 0 Å². The summed E-state index contributed by atoms with van der Waals surface area (Å²) < 4.78 is 10.8. The van der Waals surface area contributed by atoms with Crippen LogP contribution in [0.4, 0.5) is 0 Å². The van der Waals surface area contributed by atoms with E-state index in [-0.39, 0.29) is 12.5 Å². The number of hydrogen-bond donors (Lipinski definition) is 1. The highest BCUT2D eigenvalue weighted by atomic mass is 16.5. The molecule has 0 fully saturated rings. The lowest BCUT2D eigenvalue weighted by Gasteiger charge is -2.17. The van der Waals surface area contributed by atoms with Gasteiger partial charge in [0.1, 0.15) is 11.8 Å². The van der Waals surface area contributed by atoms with Crippen LogP contribution in [0.3, 0.4) is 0 Å². The zero-order chi connectivity index (χ0) is 20.9. The van der Waals surface area contributed by atoms with Gasteiger partial charge in [0.15, 0.2) is 0 Å². The summed E-state index contributed by atoms with van der Waals surface area (Å²) in [6, 6.07) is 15.8. The standard InChI is InChI=1S/C24H31NO4/c1-3-5-6-10-17-29-21-15-13-20(14-16-21)23(26)25-22(24(27)28-4-2)18-19-11-8-7-9-12-19/h7-9,11-16,22H,3-6,10,17-18H2,1-2H3,(H,25,26). The number of amides is 1. The van der Waals surface area contributed by atoms with E-state index in [9.17, 15) is 9.59 Å². The summed E-state index contributed by atoms with van der Waals surface area (Å²) in [5.74, 6) is -0.00510. The van der Waals surface area contributed by atoms with Gasteiger partial charge in [-0.25, -0.2) is 4.79 Å². The first-order valence-corrected chi connectivity index (χ1v) is 10.4. The van der Waals surface area contributed by atoms with Gasteiger partial charge in [0.25, 0.3) is 5.91 Å². The van der Waals surface area contributed by atoms with Gasteiger partial charge in [-0.1, -0.05) is 56.5 Å². The van der Waals surface area contributed by atoms with Crippen LogP contribution in [0.25, 0.3) is 0 Å². The molecular weight excluding hydrogens is 366 g/mol. The Morgan fingerprint density at radius 2 is 1.66 bits per heavy atom. The Labute approximate surface area is 173 Å². The molecule has 1 unspecified atom stereocenters. The minimum absolute atomic E-state index is 0.268. The van der Waals surface area contributed by atoms with E-state index in [1.807, 2.05) is 30.3 Å². The zero-order valence-corrected chi connectivity index (χ0v) is 17.4. The van der Waals surface area contributed by atoms with Crippen molar-refractivity contribution in [2.24, 2.45) is 0 Å². The Morgan fingerprint density at radius 3 is 2.31 bits per heavy atom. The van der Waals surface area contributed by atoms with E-state index in [1.54, 1.807) is 31.2 Å². The average molecular weight is 398 g/mol. The number of carbonyl (C=O) groups excluding carboxylic acids is 2. The molecule has 156 valence electrons. The number of benzene rings is 2. The number of esters is 1. The molecule has 1 N–H and O–H groups in total. The maximum atomic E-state index is 12.6. The topological polar surface area (TPSA) is 64.6 Å². The highest BCUT2D eigenvalue weighted by Crippen LogP contribution is 2.14. The van der Waals surface area contributed by atoms with Crippen molar-refractivity contribution >= 4 is 11.9 Å². The summed E-state index contributed by atoms with van der Waals surface area (Å²) in [4.78, 5) is 24.9. The molecule has 5 heteroatoms. The first-order valence-electron chi connectivity index (χ1n) is 10.4. The Bertz CT molecular complexity index is 743. The largest absolute Gasteiger partial charge is 0.494 e. The zero-order valence-electron chi connectivity index (χ0n) is 17.4. The maximum Gasteiger partial charge on any atom is 0.328 e. The van der Waals surface area contributed by atoms with E-state index in [4.69, 9.17) is 9.47 Å². The van der Waals surface area contributed by atoms with E-state index < -0.39 is 12.0 Å². The molecule has 0 radical (unpaired) electrons. The van der Waals surface area contributed by atoms with Crippen molar-refractivity contribution in [2.45, 2.75) is 52.0 Å². The van der Waals surface area contributed by atoms with Crippen LogP contribution in [-0.4, -0.2) is 31.1 Å². The third-order valence-corrected chi connectivity index (χ3v) is 4.54. The van der Waals surface area contributed by atoms with Gasteiger partial charge in [-0.2, -0.15) is 0 Å². The van der Waals surface area contributed by atoms with Crippen LogP contribution < -0.4 is 10.1 Å². The molecule has 0 aliphatic heterocycles. The number of nitrogens with one attached hydrogen (secondary N) is 1. The molecule has 2 aromatic rings. The number of unbranched alkanes of at least 4 members (excludes halogenated alkanes) is 3. The number of rotatable bonds is 12. The van der Waals surface area contributed by atoms with Crippen LogP contribution in [0, 0.1) is 0 Å². The summed E-state index contributed by atoms with van der Waals surface area (Å²) in [7, 11) is 0. The third-order valence-electron chi connectivity index (χ3n) is 4.54. The molecule has 2 aromatic carbocycles. The van der Waals surface area contributed by atoms with E-state index in [0.717, 1.165) is 24.2 Å². The molecule has 0 aliphatic carbocycles. The molecule has 0 heterocycles.